The highest BCUT2D eigenvalue weighted by molar-refractivity contribution is 7.99. The predicted molar refractivity (Wildman–Crippen MR) is 77.6 cm³/mol. The van der Waals surface area contributed by atoms with Crippen LogP contribution in [0.3, 0.4) is 0 Å². The van der Waals surface area contributed by atoms with E-state index in [-0.39, 0.29) is 0 Å². The van der Waals surface area contributed by atoms with Crippen molar-refractivity contribution in [2.75, 3.05) is 12.3 Å². The molecular weight excluding hydrogens is 226 g/mol. The van der Waals surface area contributed by atoms with Gasteiger partial charge in [-0.3, -0.25) is 0 Å². The molecule has 1 saturated heterocycles. The molecule has 0 spiro atoms. The van der Waals surface area contributed by atoms with Crippen LogP contribution >= 0.6 is 11.8 Å². The molecule has 0 aliphatic carbocycles. The highest BCUT2D eigenvalue weighted by Gasteiger charge is 2.15. The Hall–Kier alpha value is -0.470. The molecule has 1 nitrogen and oxygen atoms in total. The van der Waals surface area contributed by atoms with Crippen LogP contribution in [0.15, 0.2) is 30.3 Å². The van der Waals surface area contributed by atoms with Crippen molar-refractivity contribution in [2.45, 2.75) is 43.9 Å². The molecule has 94 valence electrons. The minimum atomic E-state index is 0.527. The molecule has 1 aliphatic heterocycles. The summed E-state index contributed by atoms with van der Waals surface area (Å²) in [5.41, 5.74) is 1.43. The first-order valence-electron chi connectivity index (χ1n) is 6.80. The van der Waals surface area contributed by atoms with Crippen LogP contribution in [0.1, 0.15) is 44.2 Å². The Kier molecular flexibility index (Phi) is 5.40. The fourth-order valence-electron chi connectivity index (χ4n) is 2.43. The van der Waals surface area contributed by atoms with Crippen LogP contribution in [0.4, 0.5) is 0 Å². The maximum absolute atomic E-state index is 3.73. The lowest BCUT2D eigenvalue weighted by atomic mass is 10.0. The molecule has 0 bridgehead atoms. The van der Waals surface area contributed by atoms with E-state index in [1.165, 1.54) is 37.0 Å². The molecule has 2 unspecified atom stereocenters. The molecular formula is C15H23NS. The van der Waals surface area contributed by atoms with Crippen molar-refractivity contribution in [1.29, 1.82) is 0 Å². The van der Waals surface area contributed by atoms with Crippen molar-refractivity contribution >= 4 is 11.8 Å². The Morgan fingerprint density at radius 1 is 1.29 bits per heavy atom. The van der Waals surface area contributed by atoms with Crippen LogP contribution in [0, 0.1) is 0 Å². The molecule has 1 fully saturated rings. The second-order valence-corrected chi connectivity index (χ2v) is 6.18. The molecule has 17 heavy (non-hydrogen) atoms. The standard InChI is InChI=1S/C15H23NS/c1-2-15(13-8-4-3-5-9-13)16-12-14-10-6-7-11-17-14/h3-5,8-9,14-16H,2,6-7,10-12H2,1H3. The Bertz CT molecular complexity index is 306. The van der Waals surface area contributed by atoms with E-state index in [9.17, 15) is 0 Å². The summed E-state index contributed by atoms with van der Waals surface area (Å²) in [4.78, 5) is 0. The first kappa shape index (κ1) is 13.0. The number of hydrogen-bond donors (Lipinski definition) is 1. The maximum atomic E-state index is 3.73. The van der Waals surface area contributed by atoms with Crippen LogP contribution in [0.25, 0.3) is 0 Å². The summed E-state index contributed by atoms with van der Waals surface area (Å²) in [5.74, 6) is 1.36. The van der Waals surface area contributed by atoms with Gasteiger partial charge in [0.15, 0.2) is 0 Å². The van der Waals surface area contributed by atoms with Crippen LogP contribution in [0.2, 0.25) is 0 Å². The van der Waals surface area contributed by atoms with Gasteiger partial charge >= 0.3 is 0 Å². The third-order valence-corrected chi connectivity index (χ3v) is 4.87. The molecule has 2 heteroatoms. The van der Waals surface area contributed by atoms with E-state index in [0.29, 0.717) is 6.04 Å². The summed E-state index contributed by atoms with van der Waals surface area (Å²) in [7, 11) is 0. The van der Waals surface area contributed by atoms with Gasteiger partial charge in [0.25, 0.3) is 0 Å². The average molecular weight is 249 g/mol. The van der Waals surface area contributed by atoms with Gasteiger partial charge in [-0.1, -0.05) is 43.7 Å². The van der Waals surface area contributed by atoms with Crippen molar-refractivity contribution in [3.05, 3.63) is 35.9 Å². The quantitative estimate of drug-likeness (QED) is 0.846. The number of thioether (sulfide) groups is 1. The van der Waals surface area contributed by atoms with E-state index in [2.05, 4.69) is 54.3 Å². The largest absolute Gasteiger partial charge is 0.309 e. The van der Waals surface area contributed by atoms with E-state index in [1.54, 1.807) is 0 Å². The van der Waals surface area contributed by atoms with E-state index in [4.69, 9.17) is 0 Å². The van der Waals surface area contributed by atoms with Crippen LogP contribution in [0.5, 0.6) is 0 Å². The van der Waals surface area contributed by atoms with E-state index in [0.717, 1.165) is 11.8 Å². The van der Waals surface area contributed by atoms with Crippen molar-refractivity contribution < 1.29 is 0 Å². The van der Waals surface area contributed by atoms with E-state index >= 15 is 0 Å². The molecule has 1 N–H and O–H groups in total. The Balaban J connectivity index is 1.83. The fraction of sp³-hybridized carbons (Fsp3) is 0.600. The van der Waals surface area contributed by atoms with Gasteiger partial charge in [0.2, 0.25) is 0 Å². The summed E-state index contributed by atoms with van der Waals surface area (Å²) in [5, 5.41) is 4.57. The summed E-state index contributed by atoms with van der Waals surface area (Å²) >= 11 is 2.15. The van der Waals surface area contributed by atoms with Gasteiger partial charge in [-0.2, -0.15) is 11.8 Å². The maximum Gasteiger partial charge on any atom is 0.0318 e. The zero-order valence-electron chi connectivity index (χ0n) is 10.7. The molecule has 1 heterocycles. The highest BCUT2D eigenvalue weighted by Crippen LogP contribution is 2.25. The van der Waals surface area contributed by atoms with Gasteiger partial charge < -0.3 is 5.32 Å². The van der Waals surface area contributed by atoms with E-state index < -0.39 is 0 Å². The molecule has 0 radical (unpaired) electrons. The van der Waals surface area contributed by atoms with Gasteiger partial charge in [-0.25, -0.2) is 0 Å². The third kappa shape index (κ3) is 4.04. The monoisotopic (exact) mass is 249 g/mol. The number of rotatable bonds is 5. The summed E-state index contributed by atoms with van der Waals surface area (Å²) in [6.45, 7) is 3.43. The van der Waals surface area contributed by atoms with Gasteiger partial charge in [-0.05, 0) is 30.6 Å². The van der Waals surface area contributed by atoms with E-state index in [1.807, 2.05) is 0 Å². The Labute approximate surface area is 109 Å². The van der Waals surface area contributed by atoms with Gasteiger partial charge in [0.05, 0.1) is 0 Å². The summed E-state index contributed by atoms with van der Waals surface area (Å²) in [6, 6.07) is 11.3. The molecule has 0 aromatic heterocycles. The van der Waals surface area contributed by atoms with Crippen LogP contribution < -0.4 is 5.32 Å². The summed E-state index contributed by atoms with van der Waals surface area (Å²) in [6.07, 6.45) is 5.39. The lowest BCUT2D eigenvalue weighted by molar-refractivity contribution is 0.500. The molecule has 1 aliphatic rings. The minimum Gasteiger partial charge on any atom is -0.309 e. The lowest BCUT2D eigenvalue weighted by Gasteiger charge is -2.25. The fourth-order valence-corrected chi connectivity index (χ4v) is 3.68. The number of nitrogens with one attached hydrogen (secondary N) is 1. The second-order valence-electron chi connectivity index (χ2n) is 4.77. The lowest BCUT2D eigenvalue weighted by Crippen LogP contribution is -2.30. The van der Waals surface area contributed by atoms with Crippen molar-refractivity contribution in [3.63, 3.8) is 0 Å². The predicted octanol–water partition coefficient (Wildman–Crippen LogP) is 4.01. The molecule has 1 aromatic rings. The Morgan fingerprint density at radius 2 is 2.12 bits per heavy atom. The zero-order valence-corrected chi connectivity index (χ0v) is 11.5. The third-order valence-electron chi connectivity index (χ3n) is 3.48. The smallest absolute Gasteiger partial charge is 0.0318 e. The molecule has 2 rings (SSSR count). The first-order chi connectivity index (χ1) is 8.40. The zero-order chi connectivity index (χ0) is 11.9. The number of hydrogen-bond acceptors (Lipinski definition) is 2. The van der Waals surface area contributed by atoms with Gasteiger partial charge in [-0.15, -0.1) is 0 Å². The molecule has 0 amide bonds. The van der Waals surface area contributed by atoms with Gasteiger partial charge in [0.1, 0.15) is 0 Å². The number of benzene rings is 1. The topological polar surface area (TPSA) is 12.0 Å². The molecule has 1 aromatic carbocycles. The molecule has 0 saturated carbocycles. The van der Waals surface area contributed by atoms with Crippen LogP contribution in [-0.4, -0.2) is 17.5 Å². The highest BCUT2D eigenvalue weighted by atomic mass is 32.2. The normalized spacial score (nSPS) is 22.3. The van der Waals surface area contributed by atoms with Crippen LogP contribution in [-0.2, 0) is 0 Å². The Morgan fingerprint density at radius 3 is 2.76 bits per heavy atom. The SMILES string of the molecule is CCC(NCC1CCCCS1)c1ccccc1. The second kappa shape index (κ2) is 7.07. The van der Waals surface area contributed by atoms with Gasteiger partial charge in [0, 0.05) is 17.8 Å². The minimum absolute atomic E-state index is 0.527. The first-order valence-corrected chi connectivity index (χ1v) is 7.85. The van der Waals surface area contributed by atoms with Crippen molar-refractivity contribution in [1.82, 2.24) is 5.32 Å². The summed E-state index contributed by atoms with van der Waals surface area (Å²) < 4.78 is 0. The average Bonchev–Trinajstić information content (AvgIpc) is 2.42. The molecule has 2 atom stereocenters. The van der Waals surface area contributed by atoms with Crippen molar-refractivity contribution in [2.24, 2.45) is 0 Å². The van der Waals surface area contributed by atoms with Crippen molar-refractivity contribution in [3.8, 4) is 0 Å².